The van der Waals surface area contributed by atoms with Gasteiger partial charge in [-0.05, 0) is 43.1 Å². The number of amides is 1. The fourth-order valence-electron chi connectivity index (χ4n) is 2.79. The van der Waals surface area contributed by atoms with E-state index in [0.717, 1.165) is 19.5 Å². The van der Waals surface area contributed by atoms with Crippen LogP contribution in [-0.2, 0) is 14.6 Å². The third-order valence-electron chi connectivity index (χ3n) is 4.49. The van der Waals surface area contributed by atoms with Gasteiger partial charge in [-0.1, -0.05) is 13.8 Å². The predicted molar refractivity (Wildman–Crippen MR) is 100 cm³/mol. The number of rotatable bonds is 6. The molecular weight excluding hydrogens is 364 g/mol. The number of sulfone groups is 1. The molecule has 6 nitrogen and oxygen atoms in total. The standard InChI is InChI=1S/C17H26N2O4S.ClH/c1-12-8-9-18-10-16(12)19-17(20)13(2)11-24(21,22)15-6-4-14(23-3)5-7-15;/h4-7,12-13,16,18H,8-11H2,1-3H3,(H,19,20);1H. The molecule has 1 fully saturated rings. The summed E-state index contributed by atoms with van der Waals surface area (Å²) in [7, 11) is -1.99. The minimum atomic E-state index is -3.52. The summed E-state index contributed by atoms with van der Waals surface area (Å²) < 4.78 is 30.0. The fraction of sp³-hybridized carbons (Fsp3) is 0.588. The Balaban J connectivity index is 0.00000312. The van der Waals surface area contributed by atoms with Crippen LogP contribution in [0.5, 0.6) is 5.75 Å². The normalized spacial score (nSPS) is 21.7. The van der Waals surface area contributed by atoms with Gasteiger partial charge in [0.2, 0.25) is 5.91 Å². The Morgan fingerprint density at radius 1 is 1.36 bits per heavy atom. The topological polar surface area (TPSA) is 84.5 Å². The van der Waals surface area contributed by atoms with Gasteiger partial charge in [-0.15, -0.1) is 12.4 Å². The van der Waals surface area contributed by atoms with Crippen molar-refractivity contribution in [2.75, 3.05) is 26.0 Å². The second kappa shape index (κ2) is 9.40. The maximum absolute atomic E-state index is 12.5. The van der Waals surface area contributed by atoms with Crippen LogP contribution in [0.2, 0.25) is 0 Å². The van der Waals surface area contributed by atoms with Crippen LogP contribution >= 0.6 is 12.4 Å². The predicted octanol–water partition coefficient (Wildman–Crippen LogP) is 1.64. The van der Waals surface area contributed by atoms with Crippen molar-refractivity contribution in [2.24, 2.45) is 11.8 Å². The van der Waals surface area contributed by atoms with Crippen molar-refractivity contribution < 1.29 is 17.9 Å². The van der Waals surface area contributed by atoms with Crippen molar-refractivity contribution in [3.05, 3.63) is 24.3 Å². The van der Waals surface area contributed by atoms with Gasteiger partial charge in [0.05, 0.1) is 17.8 Å². The first-order valence-electron chi connectivity index (χ1n) is 8.21. The highest BCUT2D eigenvalue weighted by atomic mass is 35.5. The molecular formula is C17H27ClN2O4S. The second-order valence-corrected chi connectivity index (χ2v) is 8.48. The maximum Gasteiger partial charge on any atom is 0.224 e. The van der Waals surface area contributed by atoms with Crippen LogP contribution in [0.15, 0.2) is 29.2 Å². The Labute approximate surface area is 156 Å². The van der Waals surface area contributed by atoms with Crippen LogP contribution < -0.4 is 15.4 Å². The highest BCUT2D eigenvalue weighted by molar-refractivity contribution is 7.91. The molecule has 1 aromatic carbocycles. The number of nitrogens with one attached hydrogen (secondary N) is 2. The van der Waals surface area contributed by atoms with Crippen molar-refractivity contribution in [2.45, 2.75) is 31.2 Å². The molecule has 1 aliphatic heterocycles. The Kier molecular flexibility index (Phi) is 8.18. The Bertz CT molecular complexity index is 664. The zero-order chi connectivity index (χ0) is 17.7. The number of halogens is 1. The molecule has 0 bridgehead atoms. The van der Waals surface area contributed by atoms with Gasteiger partial charge in [0.25, 0.3) is 0 Å². The number of methoxy groups -OCH3 is 1. The first-order chi connectivity index (χ1) is 11.3. The zero-order valence-corrected chi connectivity index (χ0v) is 16.5. The van der Waals surface area contributed by atoms with E-state index in [9.17, 15) is 13.2 Å². The van der Waals surface area contributed by atoms with Gasteiger partial charge in [-0.3, -0.25) is 4.79 Å². The molecule has 0 radical (unpaired) electrons. The van der Waals surface area contributed by atoms with Gasteiger partial charge in [-0.25, -0.2) is 8.42 Å². The van der Waals surface area contributed by atoms with Gasteiger partial charge in [0.1, 0.15) is 5.75 Å². The number of piperidine rings is 1. The van der Waals surface area contributed by atoms with Crippen molar-refractivity contribution in [1.29, 1.82) is 0 Å². The quantitative estimate of drug-likeness (QED) is 0.771. The molecule has 3 unspecified atom stereocenters. The molecule has 1 aliphatic rings. The van der Waals surface area contributed by atoms with Crippen molar-refractivity contribution in [1.82, 2.24) is 10.6 Å². The zero-order valence-electron chi connectivity index (χ0n) is 14.8. The summed E-state index contributed by atoms with van der Waals surface area (Å²) in [6.07, 6.45) is 1.00. The van der Waals surface area contributed by atoms with Gasteiger partial charge < -0.3 is 15.4 Å². The van der Waals surface area contributed by atoms with Crippen LogP contribution in [0.4, 0.5) is 0 Å². The molecule has 8 heteroatoms. The number of hydrogen-bond acceptors (Lipinski definition) is 5. The van der Waals surface area contributed by atoms with Crippen molar-refractivity contribution >= 4 is 28.2 Å². The fourth-order valence-corrected chi connectivity index (χ4v) is 4.34. The summed E-state index contributed by atoms with van der Waals surface area (Å²) in [4.78, 5) is 12.5. The lowest BCUT2D eigenvalue weighted by Gasteiger charge is -2.31. The minimum Gasteiger partial charge on any atom is -0.497 e. The van der Waals surface area contributed by atoms with Crippen LogP contribution in [0.3, 0.4) is 0 Å². The first kappa shape index (κ1) is 21.7. The van der Waals surface area contributed by atoms with Gasteiger partial charge in [-0.2, -0.15) is 0 Å². The molecule has 142 valence electrons. The average molecular weight is 391 g/mol. The molecule has 1 heterocycles. The summed E-state index contributed by atoms with van der Waals surface area (Å²) >= 11 is 0. The summed E-state index contributed by atoms with van der Waals surface area (Å²) in [5, 5.41) is 6.22. The van der Waals surface area contributed by atoms with E-state index in [2.05, 4.69) is 17.6 Å². The molecule has 0 aromatic heterocycles. The summed E-state index contributed by atoms with van der Waals surface area (Å²) in [5.41, 5.74) is 0. The molecule has 2 N–H and O–H groups in total. The Hall–Kier alpha value is -1.31. The van der Waals surface area contributed by atoms with Crippen LogP contribution in [-0.4, -0.2) is 46.3 Å². The van der Waals surface area contributed by atoms with E-state index in [1.807, 2.05) is 0 Å². The van der Waals surface area contributed by atoms with E-state index in [-0.39, 0.29) is 35.0 Å². The summed E-state index contributed by atoms with van der Waals surface area (Å²) in [5.74, 6) is -0.0438. The first-order valence-corrected chi connectivity index (χ1v) is 9.86. The van der Waals surface area contributed by atoms with E-state index in [1.54, 1.807) is 19.1 Å². The average Bonchev–Trinajstić information content (AvgIpc) is 2.56. The SMILES string of the molecule is COc1ccc(S(=O)(=O)CC(C)C(=O)NC2CNCCC2C)cc1.Cl. The van der Waals surface area contributed by atoms with Gasteiger partial charge in [0, 0.05) is 18.5 Å². The lowest BCUT2D eigenvalue weighted by Crippen LogP contribution is -2.51. The molecule has 1 amide bonds. The van der Waals surface area contributed by atoms with Crippen LogP contribution in [0.1, 0.15) is 20.3 Å². The van der Waals surface area contributed by atoms with Crippen molar-refractivity contribution in [3.8, 4) is 5.75 Å². The Morgan fingerprint density at radius 2 is 2.00 bits per heavy atom. The van der Waals surface area contributed by atoms with Crippen LogP contribution in [0, 0.1) is 11.8 Å². The molecule has 25 heavy (non-hydrogen) atoms. The minimum absolute atomic E-state index is 0. The van der Waals surface area contributed by atoms with E-state index >= 15 is 0 Å². The Morgan fingerprint density at radius 3 is 2.56 bits per heavy atom. The molecule has 2 rings (SSSR count). The van der Waals surface area contributed by atoms with E-state index in [1.165, 1.54) is 19.2 Å². The second-order valence-electron chi connectivity index (χ2n) is 6.44. The molecule has 0 spiro atoms. The number of ether oxygens (including phenoxy) is 1. The third-order valence-corrected chi connectivity index (χ3v) is 6.42. The summed E-state index contributed by atoms with van der Waals surface area (Å²) in [6, 6.07) is 6.27. The lowest BCUT2D eigenvalue weighted by molar-refractivity contribution is -0.125. The lowest BCUT2D eigenvalue weighted by atomic mass is 9.94. The molecule has 0 aliphatic carbocycles. The van der Waals surface area contributed by atoms with E-state index < -0.39 is 15.8 Å². The molecule has 1 saturated heterocycles. The van der Waals surface area contributed by atoms with Gasteiger partial charge >= 0.3 is 0 Å². The van der Waals surface area contributed by atoms with Crippen molar-refractivity contribution in [3.63, 3.8) is 0 Å². The molecule has 0 saturated carbocycles. The maximum atomic E-state index is 12.5. The highest BCUT2D eigenvalue weighted by Gasteiger charge is 2.27. The largest absolute Gasteiger partial charge is 0.497 e. The number of hydrogen-bond donors (Lipinski definition) is 2. The monoisotopic (exact) mass is 390 g/mol. The van der Waals surface area contributed by atoms with Crippen LogP contribution in [0.25, 0.3) is 0 Å². The summed E-state index contributed by atoms with van der Waals surface area (Å²) in [6.45, 7) is 5.43. The highest BCUT2D eigenvalue weighted by Crippen LogP contribution is 2.19. The number of benzene rings is 1. The van der Waals surface area contributed by atoms with Gasteiger partial charge in [0.15, 0.2) is 9.84 Å². The number of carbonyl (C=O) groups is 1. The smallest absolute Gasteiger partial charge is 0.224 e. The van der Waals surface area contributed by atoms with E-state index in [0.29, 0.717) is 11.7 Å². The van der Waals surface area contributed by atoms with E-state index in [4.69, 9.17) is 4.74 Å². The molecule has 3 atom stereocenters. The molecule has 1 aromatic rings. The third kappa shape index (κ3) is 5.87. The number of carbonyl (C=O) groups excluding carboxylic acids is 1.